The van der Waals surface area contributed by atoms with Crippen LogP contribution in [-0.4, -0.2) is 27.5 Å². The van der Waals surface area contributed by atoms with Gasteiger partial charge >= 0.3 is 6.09 Å². The number of hydrogen-bond acceptors (Lipinski definition) is 4. The van der Waals surface area contributed by atoms with Gasteiger partial charge in [0.05, 0.1) is 5.69 Å². The molecule has 0 aromatic heterocycles. The van der Waals surface area contributed by atoms with Crippen molar-refractivity contribution in [2.75, 3.05) is 5.43 Å². The maximum atomic E-state index is 11.9. The first-order chi connectivity index (χ1) is 8.80. The number of aliphatic hydroxyl groups is 1. The topological polar surface area (TPSA) is 61.8 Å². The van der Waals surface area contributed by atoms with Crippen LogP contribution < -0.4 is 5.43 Å². The highest BCUT2D eigenvalue weighted by Crippen LogP contribution is 2.39. The van der Waals surface area contributed by atoms with Crippen LogP contribution in [0.25, 0.3) is 0 Å². The number of carbonyl (C=O) groups is 1. The highest BCUT2D eigenvalue weighted by atomic mass is 16.6. The minimum absolute atomic E-state index is 0.526. The molecule has 1 aliphatic rings. The van der Waals surface area contributed by atoms with Crippen LogP contribution in [0.2, 0.25) is 0 Å². The predicted octanol–water partition coefficient (Wildman–Crippen LogP) is 2.65. The standard InChI is InChI=1S/C14H20N2O3/c1-5-13(3)14(4,18)16(12(17)19-13)15-11-8-6-10(2)7-9-11/h6-9,15,18H,5H2,1-4H3/t13-,14-/m1/s1. The Morgan fingerprint density at radius 2 is 1.89 bits per heavy atom. The van der Waals surface area contributed by atoms with Crippen LogP contribution in [0.5, 0.6) is 0 Å². The van der Waals surface area contributed by atoms with Crippen molar-refractivity contribution < 1.29 is 14.6 Å². The molecule has 0 bridgehead atoms. The molecule has 1 aromatic carbocycles. The Labute approximate surface area is 113 Å². The number of hydrazine groups is 1. The molecule has 19 heavy (non-hydrogen) atoms. The summed E-state index contributed by atoms with van der Waals surface area (Å²) in [5.74, 6) is 0. The second-order valence-electron chi connectivity index (χ2n) is 5.29. The van der Waals surface area contributed by atoms with Crippen LogP contribution in [0.15, 0.2) is 24.3 Å². The zero-order chi connectivity index (χ0) is 14.3. The van der Waals surface area contributed by atoms with Crippen LogP contribution in [0.4, 0.5) is 10.5 Å². The van der Waals surface area contributed by atoms with E-state index in [-0.39, 0.29) is 0 Å². The molecule has 1 heterocycles. The van der Waals surface area contributed by atoms with Crippen molar-refractivity contribution in [3.63, 3.8) is 0 Å². The van der Waals surface area contributed by atoms with Gasteiger partial charge in [-0.25, -0.2) is 4.79 Å². The molecule has 2 atom stereocenters. The Kier molecular flexibility index (Phi) is 3.18. The van der Waals surface area contributed by atoms with Crippen LogP contribution >= 0.6 is 0 Å². The number of anilines is 1. The number of ether oxygens (including phenoxy) is 1. The Morgan fingerprint density at radius 3 is 2.37 bits per heavy atom. The first kappa shape index (κ1) is 13.7. The number of carbonyl (C=O) groups excluding carboxylic acids is 1. The summed E-state index contributed by atoms with van der Waals surface area (Å²) in [6.07, 6.45) is -0.0485. The molecule has 104 valence electrons. The number of cyclic esters (lactones) is 1. The van der Waals surface area contributed by atoms with Crippen molar-refractivity contribution in [3.05, 3.63) is 29.8 Å². The Hall–Kier alpha value is -1.75. The monoisotopic (exact) mass is 264 g/mol. The van der Waals surface area contributed by atoms with E-state index < -0.39 is 17.4 Å². The minimum atomic E-state index is -1.41. The lowest BCUT2D eigenvalue weighted by Gasteiger charge is -2.36. The maximum absolute atomic E-state index is 11.9. The van der Waals surface area contributed by atoms with Crippen LogP contribution in [-0.2, 0) is 4.74 Å². The van der Waals surface area contributed by atoms with Crippen molar-refractivity contribution in [3.8, 4) is 0 Å². The van der Waals surface area contributed by atoms with Crippen LogP contribution in [0.1, 0.15) is 32.8 Å². The third-order valence-corrected chi connectivity index (χ3v) is 3.90. The lowest BCUT2D eigenvalue weighted by molar-refractivity contribution is -0.131. The fourth-order valence-electron chi connectivity index (χ4n) is 2.07. The second-order valence-corrected chi connectivity index (χ2v) is 5.29. The van der Waals surface area contributed by atoms with Gasteiger partial charge in [0, 0.05) is 0 Å². The molecule has 0 aliphatic carbocycles. The third kappa shape index (κ3) is 2.14. The molecule has 1 fully saturated rings. The van der Waals surface area contributed by atoms with E-state index in [0.29, 0.717) is 6.42 Å². The number of amides is 1. The van der Waals surface area contributed by atoms with Crippen LogP contribution in [0.3, 0.4) is 0 Å². The summed E-state index contributed by atoms with van der Waals surface area (Å²) in [5.41, 5.74) is 2.41. The summed E-state index contributed by atoms with van der Waals surface area (Å²) in [4.78, 5) is 11.9. The minimum Gasteiger partial charge on any atom is -0.437 e. The van der Waals surface area contributed by atoms with Gasteiger partial charge in [-0.2, -0.15) is 5.01 Å². The molecule has 1 aliphatic heterocycles. The fourth-order valence-corrected chi connectivity index (χ4v) is 2.07. The van der Waals surface area contributed by atoms with Gasteiger partial charge in [-0.1, -0.05) is 24.6 Å². The number of hydrogen-bond donors (Lipinski definition) is 2. The summed E-state index contributed by atoms with van der Waals surface area (Å²) in [7, 11) is 0. The predicted molar refractivity (Wildman–Crippen MR) is 72.4 cm³/mol. The van der Waals surface area contributed by atoms with Gasteiger partial charge in [-0.05, 0) is 39.3 Å². The average molecular weight is 264 g/mol. The molecule has 0 radical (unpaired) electrons. The summed E-state index contributed by atoms with van der Waals surface area (Å²) >= 11 is 0. The van der Waals surface area contributed by atoms with E-state index in [2.05, 4.69) is 5.43 Å². The Morgan fingerprint density at radius 1 is 1.32 bits per heavy atom. The van der Waals surface area contributed by atoms with Crippen molar-refractivity contribution >= 4 is 11.8 Å². The van der Waals surface area contributed by atoms with E-state index in [9.17, 15) is 9.90 Å². The third-order valence-electron chi connectivity index (χ3n) is 3.90. The number of nitrogens with one attached hydrogen (secondary N) is 1. The van der Waals surface area contributed by atoms with E-state index in [0.717, 1.165) is 16.3 Å². The van der Waals surface area contributed by atoms with Gasteiger partial charge in [0.2, 0.25) is 0 Å². The number of aryl methyl sites for hydroxylation is 1. The Bertz CT molecular complexity index is 484. The molecule has 1 amide bonds. The van der Waals surface area contributed by atoms with E-state index in [1.54, 1.807) is 13.8 Å². The molecule has 5 heteroatoms. The molecule has 5 nitrogen and oxygen atoms in total. The first-order valence-corrected chi connectivity index (χ1v) is 6.39. The first-order valence-electron chi connectivity index (χ1n) is 6.39. The lowest BCUT2D eigenvalue weighted by atomic mass is 9.91. The molecule has 2 rings (SSSR count). The zero-order valence-corrected chi connectivity index (χ0v) is 11.7. The average Bonchev–Trinajstić information content (AvgIpc) is 2.52. The Balaban J connectivity index is 2.25. The highest BCUT2D eigenvalue weighted by Gasteiger charge is 2.59. The smallest absolute Gasteiger partial charge is 0.432 e. The SMILES string of the molecule is CC[C@@]1(C)OC(=O)N(Nc2ccc(C)cc2)[C@]1(C)O. The number of benzene rings is 1. The molecule has 0 saturated carbocycles. The van der Waals surface area contributed by atoms with Gasteiger partial charge in [-0.15, -0.1) is 0 Å². The van der Waals surface area contributed by atoms with Gasteiger partial charge in [0.1, 0.15) is 0 Å². The number of nitrogens with zero attached hydrogens (tertiary/aromatic N) is 1. The van der Waals surface area contributed by atoms with Gasteiger partial charge < -0.3 is 9.84 Å². The molecule has 0 spiro atoms. The summed E-state index contributed by atoms with van der Waals surface area (Å²) < 4.78 is 5.30. The van der Waals surface area contributed by atoms with Crippen molar-refractivity contribution in [2.24, 2.45) is 0 Å². The van der Waals surface area contributed by atoms with Gasteiger partial charge in [-0.3, -0.25) is 5.43 Å². The van der Waals surface area contributed by atoms with Crippen molar-refractivity contribution in [1.82, 2.24) is 5.01 Å². The lowest BCUT2D eigenvalue weighted by Crippen LogP contribution is -2.56. The quantitative estimate of drug-likeness (QED) is 0.881. The normalized spacial score (nSPS) is 30.4. The van der Waals surface area contributed by atoms with Gasteiger partial charge in [0.25, 0.3) is 0 Å². The maximum Gasteiger partial charge on any atom is 0.432 e. The second kappa shape index (κ2) is 4.42. The van der Waals surface area contributed by atoms with Crippen molar-refractivity contribution in [1.29, 1.82) is 0 Å². The van der Waals surface area contributed by atoms with Gasteiger partial charge in [0.15, 0.2) is 11.3 Å². The van der Waals surface area contributed by atoms with E-state index in [4.69, 9.17) is 4.74 Å². The molecule has 1 aromatic rings. The zero-order valence-electron chi connectivity index (χ0n) is 11.7. The molecule has 0 unspecified atom stereocenters. The molecule has 2 N–H and O–H groups in total. The summed E-state index contributed by atoms with van der Waals surface area (Å²) in [6, 6.07) is 7.55. The molecular formula is C14H20N2O3. The number of rotatable bonds is 3. The largest absolute Gasteiger partial charge is 0.437 e. The van der Waals surface area contributed by atoms with E-state index in [1.807, 2.05) is 38.1 Å². The van der Waals surface area contributed by atoms with Crippen molar-refractivity contribution in [2.45, 2.75) is 45.4 Å². The van der Waals surface area contributed by atoms with E-state index >= 15 is 0 Å². The van der Waals surface area contributed by atoms with Crippen LogP contribution in [0, 0.1) is 6.92 Å². The fraction of sp³-hybridized carbons (Fsp3) is 0.500. The highest BCUT2D eigenvalue weighted by molar-refractivity contribution is 5.74. The molecular weight excluding hydrogens is 244 g/mol. The summed E-state index contributed by atoms with van der Waals surface area (Å²) in [6.45, 7) is 7.15. The summed E-state index contributed by atoms with van der Waals surface area (Å²) in [5, 5.41) is 11.7. The van der Waals surface area contributed by atoms with E-state index in [1.165, 1.54) is 0 Å². The molecule has 1 saturated heterocycles.